The second kappa shape index (κ2) is 4.35. The third-order valence-electron chi connectivity index (χ3n) is 3.04. The van der Waals surface area contributed by atoms with Crippen molar-refractivity contribution in [3.8, 4) is 0 Å². The Morgan fingerprint density at radius 3 is 2.73 bits per heavy atom. The Morgan fingerprint density at radius 2 is 2.07 bits per heavy atom. The molecule has 1 aromatic rings. The summed E-state index contributed by atoms with van der Waals surface area (Å²) in [5.41, 5.74) is 0.622. The number of aromatic nitrogens is 2. The molecule has 1 aromatic heterocycles. The topological polar surface area (TPSA) is 34.9 Å². The second-order valence-electron chi connectivity index (χ2n) is 4.18. The van der Waals surface area contributed by atoms with E-state index in [0.717, 1.165) is 18.4 Å². The van der Waals surface area contributed by atoms with Crippen molar-refractivity contribution in [2.24, 2.45) is 0 Å². The molecule has 1 aliphatic carbocycles. The zero-order chi connectivity index (χ0) is 10.8. The van der Waals surface area contributed by atoms with E-state index in [1.165, 1.54) is 19.3 Å². The van der Waals surface area contributed by atoms with Crippen LogP contribution in [-0.4, -0.2) is 9.78 Å². The van der Waals surface area contributed by atoms with Crippen LogP contribution in [0.3, 0.4) is 0 Å². The maximum absolute atomic E-state index is 11.9. The first kappa shape index (κ1) is 10.7. The van der Waals surface area contributed by atoms with E-state index in [0.29, 0.717) is 5.02 Å². The number of nitrogens with zero attached hydrogens (tertiary/aromatic N) is 2. The minimum Gasteiger partial charge on any atom is -0.266 e. The van der Waals surface area contributed by atoms with Crippen LogP contribution in [0, 0.1) is 6.92 Å². The Hall–Kier alpha value is -0.830. The SMILES string of the molecule is Cc1cnn(C2CCCCC2)c(=O)c1Cl. The highest BCUT2D eigenvalue weighted by atomic mass is 35.5. The van der Waals surface area contributed by atoms with Crippen LogP contribution in [0.25, 0.3) is 0 Å². The zero-order valence-electron chi connectivity index (χ0n) is 8.87. The molecule has 0 radical (unpaired) electrons. The average Bonchev–Trinajstić information content (AvgIpc) is 2.27. The summed E-state index contributed by atoms with van der Waals surface area (Å²) >= 11 is 5.93. The molecule has 1 fully saturated rings. The largest absolute Gasteiger partial charge is 0.286 e. The maximum atomic E-state index is 11.9. The fourth-order valence-corrected chi connectivity index (χ4v) is 2.25. The zero-order valence-corrected chi connectivity index (χ0v) is 9.63. The summed E-state index contributed by atoms with van der Waals surface area (Å²) in [6.45, 7) is 1.81. The number of hydrogen-bond donors (Lipinski definition) is 0. The minimum atomic E-state index is -0.136. The van der Waals surface area contributed by atoms with E-state index in [9.17, 15) is 4.79 Å². The van der Waals surface area contributed by atoms with Crippen molar-refractivity contribution in [3.63, 3.8) is 0 Å². The van der Waals surface area contributed by atoms with E-state index in [1.54, 1.807) is 10.9 Å². The first-order valence-electron chi connectivity index (χ1n) is 5.44. The van der Waals surface area contributed by atoms with Crippen LogP contribution in [0.15, 0.2) is 11.0 Å². The van der Waals surface area contributed by atoms with Gasteiger partial charge < -0.3 is 0 Å². The summed E-state index contributed by atoms with van der Waals surface area (Å²) in [5.74, 6) is 0. The molecule has 0 amide bonds. The molecule has 0 aliphatic heterocycles. The molecule has 0 atom stereocenters. The third-order valence-corrected chi connectivity index (χ3v) is 3.50. The number of aryl methyl sites for hydroxylation is 1. The lowest BCUT2D eigenvalue weighted by molar-refractivity contribution is 0.318. The van der Waals surface area contributed by atoms with Gasteiger partial charge in [-0.1, -0.05) is 30.9 Å². The van der Waals surface area contributed by atoms with Crippen molar-refractivity contribution < 1.29 is 0 Å². The Labute approximate surface area is 94.1 Å². The van der Waals surface area contributed by atoms with Gasteiger partial charge in [0.1, 0.15) is 5.02 Å². The van der Waals surface area contributed by atoms with E-state index in [-0.39, 0.29) is 11.6 Å². The summed E-state index contributed by atoms with van der Waals surface area (Å²) < 4.78 is 1.56. The lowest BCUT2D eigenvalue weighted by Crippen LogP contribution is -2.29. The fraction of sp³-hybridized carbons (Fsp3) is 0.636. The molecule has 3 nitrogen and oxygen atoms in total. The first-order chi connectivity index (χ1) is 7.20. The molecule has 1 aliphatic rings. The van der Waals surface area contributed by atoms with Crippen LogP contribution in [0.2, 0.25) is 5.02 Å². The Morgan fingerprint density at radius 1 is 1.40 bits per heavy atom. The Bertz CT molecular complexity index is 408. The van der Waals surface area contributed by atoms with Crippen LogP contribution in [-0.2, 0) is 0 Å². The molecule has 4 heteroatoms. The van der Waals surface area contributed by atoms with E-state index in [1.807, 2.05) is 6.92 Å². The van der Waals surface area contributed by atoms with Crippen molar-refractivity contribution in [3.05, 3.63) is 27.1 Å². The van der Waals surface area contributed by atoms with Crippen LogP contribution in [0.4, 0.5) is 0 Å². The minimum absolute atomic E-state index is 0.136. The van der Waals surface area contributed by atoms with E-state index < -0.39 is 0 Å². The number of rotatable bonds is 1. The maximum Gasteiger partial charge on any atom is 0.286 e. The van der Waals surface area contributed by atoms with Crippen molar-refractivity contribution in [1.82, 2.24) is 9.78 Å². The molecule has 82 valence electrons. The summed E-state index contributed by atoms with van der Waals surface area (Å²) in [4.78, 5) is 11.9. The van der Waals surface area contributed by atoms with Gasteiger partial charge in [-0.3, -0.25) is 4.79 Å². The summed E-state index contributed by atoms with van der Waals surface area (Å²) in [7, 11) is 0. The highest BCUT2D eigenvalue weighted by Gasteiger charge is 2.18. The van der Waals surface area contributed by atoms with Crippen LogP contribution in [0.5, 0.6) is 0 Å². The molecule has 1 heterocycles. The van der Waals surface area contributed by atoms with Crippen LogP contribution >= 0.6 is 11.6 Å². The smallest absolute Gasteiger partial charge is 0.266 e. The van der Waals surface area contributed by atoms with Gasteiger partial charge in [0.15, 0.2) is 0 Å². The van der Waals surface area contributed by atoms with E-state index in [2.05, 4.69) is 5.10 Å². The van der Waals surface area contributed by atoms with Crippen molar-refractivity contribution in [2.45, 2.75) is 45.1 Å². The summed E-state index contributed by atoms with van der Waals surface area (Å²) in [6.07, 6.45) is 7.41. The molecule has 0 bridgehead atoms. The van der Waals surface area contributed by atoms with E-state index >= 15 is 0 Å². The van der Waals surface area contributed by atoms with E-state index in [4.69, 9.17) is 11.6 Å². The summed E-state index contributed by atoms with van der Waals surface area (Å²) in [6, 6.07) is 0.254. The molecule has 0 unspecified atom stereocenters. The molecule has 0 spiro atoms. The van der Waals surface area contributed by atoms with Gasteiger partial charge in [0.25, 0.3) is 5.56 Å². The van der Waals surface area contributed by atoms with Crippen LogP contribution < -0.4 is 5.56 Å². The fourth-order valence-electron chi connectivity index (χ4n) is 2.11. The molecular weight excluding hydrogens is 212 g/mol. The monoisotopic (exact) mass is 226 g/mol. The van der Waals surface area contributed by atoms with Crippen molar-refractivity contribution in [2.75, 3.05) is 0 Å². The third kappa shape index (κ3) is 2.07. The molecule has 0 saturated heterocycles. The van der Waals surface area contributed by atoms with Gasteiger partial charge in [-0.15, -0.1) is 0 Å². The van der Waals surface area contributed by atoms with Gasteiger partial charge in [0.05, 0.1) is 12.2 Å². The average molecular weight is 227 g/mol. The Kier molecular flexibility index (Phi) is 3.10. The van der Waals surface area contributed by atoms with Gasteiger partial charge in [0.2, 0.25) is 0 Å². The van der Waals surface area contributed by atoms with Gasteiger partial charge in [-0.2, -0.15) is 5.10 Å². The van der Waals surface area contributed by atoms with Gasteiger partial charge >= 0.3 is 0 Å². The second-order valence-corrected chi connectivity index (χ2v) is 4.56. The van der Waals surface area contributed by atoms with Crippen molar-refractivity contribution in [1.29, 1.82) is 0 Å². The standard InChI is InChI=1S/C11H15ClN2O/c1-8-7-13-14(11(15)10(8)12)9-5-3-2-4-6-9/h7,9H,2-6H2,1H3. The Balaban J connectivity index is 2.35. The normalized spacial score (nSPS) is 18.0. The molecule has 0 N–H and O–H groups in total. The first-order valence-corrected chi connectivity index (χ1v) is 5.82. The highest BCUT2D eigenvalue weighted by molar-refractivity contribution is 6.31. The van der Waals surface area contributed by atoms with Gasteiger partial charge in [-0.25, -0.2) is 4.68 Å². The quantitative estimate of drug-likeness (QED) is 0.738. The molecular formula is C11H15ClN2O. The number of halogens is 1. The highest BCUT2D eigenvalue weighted by Crippen LogP contribution is 2.26. The number of hydrogen-bond acceptors (Lipinski definition) is 2. The van der Waals surface area contributed by atoms with Crippen molar-refractivity contribution >= 4 is 11.6 Å². The predicted octanol–water partition coefficient (Wildman–Crippen LogP) is 2.71. The molecule has 15 heavy (non-hydrogen) atoms. The summed E-state index contributed by atoms with van der Waals surface area (Å²) in [5, 5.41) is 4.50. The molecule has 1 saturated carbocycles. The lowest BCUT2D eigenvalue weighted by atomic mass is 9.96. The predicted molar refractivity (Wildman–Crippen MR) is 60.4 cm³/mol. The van der Waals surface area contributed by atoms with Gasteiger partial charge in [0, 0.05) is 0 Å². The van der Waals surface area contributed by atoms with Gasteiger partial charge in [-0.05, 0) is 25.3 Å². The molecule has 2 rings (SSSR count). The molecule has 0 aromatic carbocycles. The lowest BCUT2D eigenvalue weighted by Gasteiger charge is -2.22. The van der Waals surface area contributed by atoms with Crippen LogP contribution in [0.1, 0.15) is 43.7 Å².